The van der Waals surface area contributed by atoms with E-state index < -0.39 is 0 Å². The molecule has 2 amide bonds. The second-order valence-corrected chi connectivity index (χ2v) is 7.25. The van der Waals surface area contributed by atoms with Crippen molar-refractivity contribution in [3.63, 3.8) is 0 Å². The van der Waals surface area contributed by atoms with Crippen molar-refractivity contribution in [2.24, 2.45) is 0 Å². The van der Waals surface area contributed by atoms with Crippen LogP contribution in [-0.4, -0.2) is 70.3 Å². The Morgan fingerprint density at radius 1 is 1.00 bits per heavy atom. The van der Waals surface area contributed by atoms with Crippen LogP contribution in [0.2, 0.25) is 0 Å². The van der Waals surface area contributed by atoms with Crippen molar-refractivity contribution in [2.75, 3.05) is 32.7 Å². The van der Waals surface area contributed by atoms with E-state index in [1.54, 1.807) is 12.3 Å². The molecule has 27 heavy (non-hydrogen) atoms. The van der Waals surface area contributed by atoms with E-state index in [1.165, 1.54) is 11.1 Å². The lowest BCUT2D eigenvalue weighted by molar-refractivity contribution is -0.139. The molecule has 3 heterocycles. The highest BCUT2D eigenvalue weighted by Gasteiger charge is 2.35. The van der Waals surface area contributed by atoms with Crippen molar-refractivity contribution in [2.45, 2.75) is 25.9 Å². The second-order valence-electron chi connectivity index (χ2n) is 7.25. The minimum atomic E-state index is -0.101. The van der Waals surface area contributed by atoms with Gasteiger partial charge < -0.3 is 14.8 Å². The molecule has 2 aliphatic rings. The molecule has 1 saturated heterocycles. The average molecular weight is 366 g/mol. The first kappa shape index (κ1) is 17.8. The molecule has 1 N–H and O–H groups in total. The zero-order valence-corrected chi connectivity index (χ0v) is 15.7. The number of piperazine rings is 1. The van der Waals surface area contributed by atoms with E-state index in [1.807, 2.05) is 21.9 Å². The summed E-state index contributed by atoms with van der Waals surface area (Å²) in [6.45, 7) is 6.16. The van der Waals surface area contributed by atoms with E-state index in [9.17, 15) is 9.59 Å². The number of nitrogens with zero attached hydrogens (tertiary/aromatic N) is 3. The van der Waals surface area contributed by atoms with Gasteiger partial charge in [-0.15, -0.1) is 0 Å². The van der Waals surface area contributed by atoms with Crippen LogP contribution in [0.4, 0.5) is 0 Å². The number of aromatic amines is 1. The third-order valence-corrected chi connectivity index (χ3v) is 5.74. The normalized spacial score (nSPS) is 20.4. The number of carbonyl (C=O) groups excluding carboxylic acids is 2. The Morgan fingerprint density at radius 2 is 1.70 bits per heavy atom. The number of benzene rings is 1. The summed E-state index contributed by atoms with van der Waals surface area (Å²) in [5.41, 5.74) is 3.21. The number of carbonyl (C=O) groups is 2. The largest absolute Gasteiger partial charge is 0.357 e. The number of rotatable bonds is 3. The van der Waals surface area contributed by atoms with Gasteiger partial charge in [-0.2, -0.15) is 0 Å². The Bertz CT molecular complexity index is 809. The van der Waals surface area contributed by atoms with Crippen molar-refractivity contribution >= 4 is 11.8 Å². The highest BCUT2D eigenvalue weighted by Crippen LogP contribution is 2.24. The summed E-state index contributed by atoms with van der Waals surface area (Å²) in [4.78, 5) is 34.7. The quantitative estimate of drug-likeness (QED) is 0.900. The minimum absolute atomic E-state index is 0.00822. The van der Waals surface area contributed by atoms with Gasteiger partial charge >= 0.3 is 0 Å². The molecule has 0 bridgehead atoms. The first-order valence-electron chi connectivity index (χ1n) is 9.69. The summed E-state index contributed by atoms with van der Waals surface area (Å²) in [6, 6.07) is 11.9. The molecule has 0 spiro atoms. The van der Waals surface area contributed by atoms with E-state index >= 15 is 0 Å². The number of likely N-dealkylation sites (N-methyl/N-ethyl adjacent to an activating group) is 1. The van der Waals surface area contributed by atoms with Gasteiger partial charge in [0.2, 0.25) is 5.91 Å². The van der Waals surface area contributed by atoms with Gasteiger partial charge in [0.15, 0.2) is 0 Å². The summed E-state index contributed by atoms with van der Waals surface area (Å²) in [5, 5.41) is 0. The van der Waals surface area contributed by atoms with Gasteiger partial charge in [0, 0.05) is 38.9 Å². The zero-order chi connectivity index (χ0) is 18.8. The number of H-pyrrole nitrogens is 1. The maximum atomic E-state index is 13.2. The predicted molar refractivity (Wildman–Crippen MR) is 103 cm³/mol. The number of fused-ring (bicyclic) bond motifs is 1. The summed E-state index contributed by atoms with van der Waals surface area (Å²) in [7, 11) is 0. The van der Waals surface area contributed by atoms with E-state index in [2.05, 4.69) is 35.0 Å². The average Bonchev–Trinajstić information content (AvgIpc) is 3.26. The molecule has 1 aromatic heterocycles. The van der Waals surface area contributed by atoms with Gasteiger partial charge in [-0.3, -0.25) is 14.5 Å². The van der Waals surface area contributed by atoms with E-state index in [0.29, 0.717) is 31.9 Å². The maximum absolute atomic E-state index is 13.2. The molecule has 2 aliphatic heterocycles. The molecule has 6 nitrogen and oxygen atoms in total. The number of amides is 2. The molecule has 0 aliphatic carbocycles. The van der Waals surface area contributed by atoms with Crippen LogP contribution in [0.1, 0.15) is 28.5 Å². The number of aromatic nitrogens is 1. The highest BCUT2D eigenvalue weighted by atomic mass is 16.2. The summed E-state index contributed by atoms with van der Waals surface area (Å²) in [5.74, 6) is 0.201. The molecule has 1 fully saturated rings. The van der Waals surface area contributed by atoms with Crippen molar-refractivity contribution < 1.29 is 9.59 Å². The smallest absolute Gasteiger partial charge is 0.270 e. The first-order valence-corrected chi connectivity index (χ1v) is 9.69. The lowest BCUT2D eigenvalue weighted by atomic mass is 9.93. The number of hydrogen-bond acceptors (Lipinski definition) is 3. The molecule has 6 heteroatoms. The molecule has 0 unspecified atom stereocenters. The van der Waals surface area contributed by atoms with Crippen LogP contribution < -0.4 is 0 Å². The van der Waals surface area contributed by atoms with Gasteiger partial charge in [-0.05, 0) is 36.2 Å². The van der Waals surface area contributed by atoms with Gasteiger partial charge in [-0.1, -0.05) is 31.2 Å². The Morgan fingerprint density at radius 3 is 2.37 bits per heavy atom. The van der Waals surface area contributed by atoms with Crippen molar-refractivity contribution in [1.29, 1.82) is 0 Å². The Labute approximate surface area is 159 Å². The van der Waals surface area contributed by atoms with Crippen LogP contribution in [0.15, 0.2) is 42.6 Å². The minimum Gasteiger partial charge on any atom is -0.357 e. The number of nitrogens with one attached hydrogen (secondary N) is 1. The molecule has 142 valence electrons. The van der Waals surface area contributed by atoms with Crippen LogP contribution in [0.25, 0.3) is 0 Å². The fourth-order valence-corrected chi connectivity index (χ4v) is 4.13. The van der Waals surface area contributed by atoms with Gasteiger partial charge in [0.1, 0.15) is 5.69 Å². The topological polar surface area (TPSA) is 59.7 Å². The van der Waals surface area contributed by atoms with Crippen LogP contribution in [-0.2, 0) is 17.8 Å². The standard InChI is InChI=1S/C21H26N4O2/c1-2-23-15-17-7-4-3-6-16(17)14-19(23)21(27)25-12-10-24(11-13-25)20(26)18-8-5-9-22-18/h3-9,19,22H,2,10-15H2,1H3/t19-/m0/s1. The van der Waals surface area contributed by atoms with Crippen LogP contribution in [0, 0.1) is 0 Å². The highest BCUT2D eigenvalue weighted by molar-refractivity contribution is 5.92. The van der Waals surface area contributed by atoms with E-state index in [-0.39, 0.29) is 17.9 Å². The van der Waals surface area contributed by atoms with E-state index in [0.717, 1.165) is 19.5 Å². The molecule has 1 aromatic carbocycles. The molecule has 0 radical (unpaired) electrons. The van der Waals surface area contributed by atoms with Gasteiger partial charge in [0.25, 0.3) is 5.91 Å². The monoisotopic (exact) mass is 366 g/mol. The fourth-order valence-electron chi connectivity index (χ4n) is 4.13. The molecule has 0 saturated carbocycles. The van der Waals surface area contributed by atoms with E-state index in [4.69, 9.17) is 0 Å². The van der Waals surface area contributed by atoms with Crippen molar-refractivity contribution in [1.82, 2.24) is 19.7 Å². The van der Waals surface area contributed by atoms with Crippen LogP contribution in [0.5, 0.6) is 0 Å². The lowest BCUT2D eigenvalue weighted by Gasteiger charge is -2.41. The fraction of sp³-hybridized carbons (Fsp3) is 0.429. The van der Waals surface area contributed by atoms with Crippen LogP contribution in [0.3, 0.4) is 0 Å². The Hall–Kier alpha value is -2.60. The molecule has 4 rings (SSSR count). The van der Waals surface area contributed by atoms with Gasteiger partial charge in [-0.25, -0.2) is 0 Å². The van der Waals surface area contributed by atoms with Crippen molar-refractivity contribution in [3.8, 4) is 0 Å². The third kappa shape index (κ3) is 3.49. The molecule has 2 aromatic rings. The van der Waals surface area contributed by atoms with Gasteiger partial charge in [0.05, 0.1) is 6.04 Å². The Balaban J connectivity index is 1.41. The molecule has 1 atom stereocenters. The maximum Gasteiger partial charge on any atom is 0.270 e. The molecular formula is C21H26N4O2. The van der Waals surface area contributed by atoms with Crippen molar-refractivity contribution in [3.05, 3.63) is 59.4 Å². The summed E-state index contributed by atoms with van der Waals surface area (Å²) >= 11 is 0. The lowest BCUT2D eigenvalue weighted by Crippen LogP contribution is -2.57. The first-order chi connectivity index (χ1) is 13.2. The Kier molecular flexibility index (Phi) is 4.99. The zero-order valence-electron chi connectivity index (χ0n) is 15.7. The second kappa shape index (κ2) is 7.56. The third-order valence-electron chi connectivity index (χ3n) is 5.74. The summed E-state index contributed by atoms with van der Waals surface area (Å²) < 4.78 is 0. The SMILES string of the molecule is CCN1Cc2ccccc2C[C@H]1C(=O)N1CCN(C(=O)c2ccc[nH]2)CC1. The molecular weight excluding hydrogens is 340 g/mol. The summed E-state index contributed by atoms with van der Waals surface area (Å²) in [6.07, 6.45) is 2.53. The predicted octanol–water partition coefficient (Wildman–Crippen LogP) is 1.75. The van der Waals surface area contributed by atoms with Crippen LogP contribution >= 0.6 is 0 Å². The number of hydrogen-bond donors (Lipinski definition) is 1.